The van der Waals surface area contributed by atoms with Crippen LogP contribution < -0.4 is 15.4 Å². The molecule has 2 aromatic rings. The van der Waals surface area contributed by atoms with Crippen molar-refractivity contribution >= 4 is 17.4 Å². The summed E-state index contributed by atoms with van der Waals surface area (Å²) in [6, 6.07) is 7.79. The summed E-state index contributed by atoms with van der Waals surface area (Å²) < 4.78 is 6.03. The zero-order chi connectivity index (χ0) is 15.3. The van der Waals surface area contributed by atoms with Crippen LogP contribution in [0.4, 0.5) is 11.5 Å². The van der Waals surface area contributed by atoms with Crippen LogP contribution in [0.25, 0.3) is 11.1 Å². The Labute approximate surface area is 128 Å². The number of nitrogens with zero attached hydrogens (tertiary/aromatic N) is 2. The van der Waals surface area contributed by atoms with Gasteiger partial charge in [0.2, 0.25) is 5.91 Å². The number of anilines is 2. The number of rotatable bonds is 1. The van der Waals surface area contributed by atoms with Crippen LogP contribution >= 0.6 is 0 Å². The third kappa shape index (κ3) is 1.93. The fraction of sp³-hybridized carbons (Fsp3) is 0.294. The number of hydrogen-bond donors (Lipinski definition) is 1. The summed E-state index contributed by atoms with van der Waals surface area (Å²) >= 11 is 0. The van der Waals surface area contributed by atoms with Gasteiger partial charge in [0.1, 0.15) is 17.7 Å². The van der Waals surface area contributed by atoms with E-state index < -0.39 is 0 Å². The van der Waals surface area contributed by atoms with Crippen LogP contribution in [0.3, 0.4) is 0 Å². The van der Waals surface area contributed by atoms with Crippen molar-refractivity contribution in [1.82, 2.24) is 4.98 Å². The van der Waals surface area contributed by atoms with Crippen LogP contribution in [-0.2, 0) is 4.79 Å². The van der Waals surface area contributed by atoms with Gasteiger partial charge in [0.05, 0.1) is 0 Å². The molecule has 1 saturated heterocycles. The highest BCUT2D eigenvalue weighted by molar-refractivity contribution is 5.96. The fourth-order valence-electron chi connectivity index (χ4n) is 3.22. The Bertz CT molecular complexity index is 772. The second kappa shape index (κ2) is 4.73. The Morgan fingerprint density at radius 2 is 2.18 bits per heavy atom. The first-order valence-electron chi connectivity index (χ1n) is 7.50. The molecule has 0 spiro atoms. The molecule has 0 bridgehead atoms. The van der Waals surface area contributed by atoms with Gasteiger partial charge in [0, 0.05) is 47.6 Å². The van der Waals surface area contributed by atoms with E-state index in [1.54, 1.807) is 6.20 Å². The monoisotopic (exact) mass is 295 g/mol. The minimum atomic E-state index is -0.0858. The first-order valence-corrected chi connectivity index (χ1v) is 7.50. The second-order valence-electron chi connectivity index (χ2n) is 5.79. The Kier molecular flexibility index (Phi) is 2.82. The van der Waals surface area contributed by atoms with Crippen molar-refractivity contribution in [3.63, 3.8) is 0 Å². The number of nitrogen functional groups attached to an aromatic ring is 1. The topological polar surface area (TPSA) is 68.5 Å². The first kappa shape index (κ1) is 13.1. The Hall–Kier alpha value is -2.56. The summed E-state index contributed by atoms with van der Waals surface area (Å²) in [6.07, 6.45) is 3.25. The molecule has 1 amide bonds. The van der Waals surface area contributed by atoms with Gasteiger partial charge in [-0.1, -0.05) is 0 Å². The van der Waals surface area contributed by atoms with E-state index in [-0.39, 0.29) is 12.0 Å². The molecule has 2 aliphatic heterocycles. The average molecular weight is 295 g/mol. The lowest BCUT2D eigenvalue weighted by atomic mass is 9.95. The van der Waals surface area contributed by atoms with Crippen molar-refractivity contribution in [3.8, 4) is 16.9 Å². The number of nitrogens with two attached hydrogens (primary N) is 1. The maximum absolute atomic E-state index is 11.9. The predicted octanol–water partition coefficient (Wildman–Crippen LogP) is 2.91. The summed E-state index contributed by atoms with van der Waals surface area (Å²) in [4.78, 5) is 17.9. The Balaban J connectivity index is 1.81. The van der Waals surface area contributed by atoms with Gasteiger partial charge in [0.25, 0.3) is 0 Å². The highest BCUT2D eigenvalue weighted by Gasteiger charge is 2.27. The molecule has 1 aromatic heterocycles. The van der Waals surface area contributed by atoms with Crippen molar-refractivity contribution < 1.29 is 9.53 Å². The molecule has 1 fully saturated rings. The SMILES string of the molecule is C[C@@H]1Oc2cc(N3CCCC3=O)ccc2-c2cnc(N)cc21. The minimum Gasteiger partial charge on any atom is -0.485 e. The molecule has 0 unspecified atom stereocenters. The van der Waals surface area contributed by atoms with Gasteiger partial charge in [-0.15, -0.1) is 0 Å². The van der Waals surface area contributed by atoms with E-state index >= 15 is 0 Å². The zero-order valence-electron chi connectivity index (χ0n) is 12.4. The lowest BCUT2D eigenvalue weighted by Gasteiger charge is -2.27. The molecule has 1 aromatic carbocycles. The van der Waals surface area contributed by atoms with Crippen LogP contribution in [0.15, 0.2) is 30.5 Å². The lowest BCUT2D eigenvalue weighted by molar-refractivity contribution is -0.117. The Morgan fingerprint density at radius 1 is 1.32 bits per heavy atom. The maximum atomic E-state index is 11.9. The number of pyridine rings is 1. The second-order valence-corrected chi connectivity index (χ2v) is 5.79. The zero-order valence-corrected chi connectivity index (χ0v) is 12.4. The van der Waals surface area contributed by atoms with Crippen molar-refractivity contribution in [2.45, 2.75) is 25.9 Å². The van der Waals surface area contributed by atoms with Crippen LogP contribution in [0, 0.1) is 0 Å². The standard InChI is InChI=1S/C17H17N3O2/c1-10-13-8-16(18)19-9-14(13)12-5-4-11(7-15(12)22-10)20-6-2-3-17(20)21/h4-5,7-10H,2-3,6H2,1H3,(H2,18,19)/t10-/m0/s1. The van der Waals surface area contributed by atoms with Crippen molar-refractivity contribution in [3.05, 3.63) is 36.0 Å². The molecular formula is C17H17N3O2. The van der Waals surface area contributed by atoms with Crippen molar-refractivity contribution in [1.29, 1.82) is 0 Å². The van der Waals surface area contributed by atoms with E-state index in [2.05, 4.69) is 4.98 Å². The van der Waals surface area contributed by atoms with E-state index in [0.717, 1.165) is 41.1 Å². The highest BCUT2D eigenvalue weighted by atomic mass is 16.5. The van der Waals surface area contributed by atoms with E-state index in [9.17, 15) is 4.79 Å². The van der Waals surface area contributed by atoms with Gasteiger partial charge in [-0.2, -0.15) is 0 Å². The van der Waals surface area contributed by atoms with E-state index in [1.165, 1.54) is 0 Å². The maximum Gasteiger partial charge on any atom is 0.227 e. The summed E-state index contributed by atoms with van der Waals surface area (Å²) in [5.41, 5.74) is 9.76. The molecule has 0 radical (unpaired) electrons. The molecule has 3 heterocycles. The number of fused-ring (bicyclic) bond motifs is 3. The molecular weight excluding hydrogens is 278 g/mol. The smallest absolute Gasteiger partial charge is 0.227 e. The molecule has 112 valence electrons. The number of aromatic nitrogens is 1. The fourth-order valence-corrected chi connectivity index (χ4v) is 3.22. The van der Waals surface area contributed by atoms with Crippen LogP contribution in [0.2, 0.25) is 0 Å². The number of amides is 1. The largest absolute Gasteiger partial charge is 0.485 e. The van der Waals surface area contributed by atoms with Gasteiger partial charge < -0.3 is 15.4 Å². The van der Waals surface area contributed by atoms with Crippen LogP contribution in [0.1, 0.15) is 31.4 Å². The van der Waals surface area contributed by atoms with Crippen LogP contribution in [0.5, 0.6) is 5.75 Å². The number of carbonyl (C=O) groups excluding carboxylic acids is 1. The molecule has 22 heavy (non-hydrogen) atoms. The van der Waals surface area contributed by atoms with Gasteiger partial charge in [-0.05, 0) is 31.5 Å². The molecule has 2 N–H and O–H groups in total. The highest BCUT2D eigenvalue weighted by Crippen LogP contribution is 2.44. The third-order valence-electron chi connectivity index (χ3n) is 4.34. The van der Waals surface area contributed by atoms with E-state index in [0.29, 0.717) is 12.2 Å². The van der Waals surface area contributed by atoms with Gasteiger partial charge in [-0.25, -0.2) is 4.98 Å². The van der Waals surface area contributed by atoms with Gasteiger partial charge in [-0.3, -0.25) is 4.79 Å². The Morgan fingerprint density at radius 3 is 2.95 bits per heavy atom. The molecule has 5 nitrogen and oxygen atoms in total. The number of carbonyl (C=O) groups is 1. The quantitative estimate of drug-likeness (QED) is 0.878. The van der Waals surface area contributed by atoms with E-state index in [1.807, 2.05) is 36.1 Å². The molecule has 0 aliphatic carbocycles. The first-order chi connectivity index (χ1) is 10.6. The molecule has 5 heteroatoms. The van der Waals surface area contributed by atoms with Crippen LogP contribution in [-0.4, -0.2) is 17.4 Å². The minimum absolute atomic E-state index is 0.0858. The lowest BCUT2D eigenvalue weighted by Crippen LogP contribution is -2.24. The number of benzene rings is 1. The molecule has 1 atom stereocenters. The third-order valence-corrected chi connectivity index (χ3v) is 4.34. The molecule has 2 aliphatic rings. The normalized spacial score (nSPS) is 19.6. The predicted molar refractivity (Wildman–Crippen MR) is 84.7 cm³/mol. The van der Waals surface area contributed by atoms with Crippen molar-refractivity contribution in [2.24, 2.45) is 0 Å². The summed E-state index contributed by atoms with van der Waals surface area (Å²) in [5, 5.41) is 0. The average Bonchev–Trinajstić information content (AvgIpc) is 2.93. The van der Waals surface area contributed by atoms with Gasteiger partial charge in [0.15, 0.2) is 0 Å². The molecule has 4 rings (SSSR count). The number of hydrogen-bond acceptors (Lipinski definition) is 4. The summed E-state index contributed by atoms with van der Waals surface area (Å²) in [6.45, 7) is 2.77. The number of ether oxygens (including phenoxy) is 1. The van der Waals surface area contributed by atoms with Gasteiger partial charge >= 0.3 is 0 Å². The summed E-state index contributed by atoms with van der Waals surface area (Å²) in [7, 11) is 0. The van der Waals surface area contributed by atoms with Crippen molar-refractivity contribution in [2.75, 3.05) is 17.2 Å². The molecule has 0 saturated carbocycles. The van der Waals surface area contributed by atoms with E-state index in [4.69, 9.17) is 10.5 Å². The summed E-state index contributed by atoms with van der Waals surface area (Å²) in [5.74, 6) is 1.47.